The van der Waals surface area contributed by atoms with E-state index in [0.717, 1.165) is 36.1 Å². The molecule has 1 heterocycles. The molecule has 2 aromatic carbocycles. The Hall–Kier alpha value is -4.38. The Morgan fingerprint density at radius 1 is 1.07 bits per heavy atom. The van der Waals surface area contributed by atoms with E-state index in [-0.39, 0.29) is 23.6 Å². The highest BCUT2D eigenvalue weighted by Crippen LogP contribution is 2.23. The number of esters is 1. The van der Waals surface area contributed by atoms with Crippen molar-refractivity contribution in [3.05, 3.63) is 71.6 Å². The number of carbonyl (C=O) groups is 4. The highest BCUT2D eigenvalue weighted by Gasteiger charge is 2.36. The van der Waals surface area contributed by atoms with Gasteiger partial charge < -0.3 is 31.4 Å². The van der Waals surface area contributed by atoms with Gasteiger partial charge in [-0.1, -0.05) is 68.4 Å². The third kappa shape index (κ3) is 9.07. The Morgan fingerprint density at radius 3 is 2.14 bits per heavy atom. The van der Waals surface area contributed by atoms with Gasteiger partial charge in [-0.25, -0.2) is 10.6 Å². The van der Waals surface area contributed by atoms with E-state index in [0.29, 0.717) is 18.5 Å². The minimum absolute atomic E-state index is 0.0225. The molecule has 2 unspecified atom stereocenters. The molecule has 11 heteroatoms. The molecule has 0 spiro atoms. The number of allylic oxidation sites excluding steroid dienone is 1. The van der Waals surface area contributed by atoms with Crippen LogP contribution in [0.2, 0.25) is 0 Å². The molecule has 0 aromatic heterocycles. The van der Waals surface area contributed by atoms with E-state index in [9.17, 15) is 19.2 Å². The van der Waals surface area contributed by atoms with E-state index >= 15 is 0 Å². The smallest absolute Gasteiger partial charge is 0.355 e. The molecule has 1 saturated heterocycles. The summed E-state index contributed by atoms with van der Waals surface area (Å²) in [6.07, 6.45) is 2.89. The number of methoxy groups -OCH3 is 1. The fraction of sp³-hybridized carbons (Fsp3) is 0.419. The van der Waals surface area contributed by atoms with Gasteiger partial charge in [-0.15, -0.1) is 0 Å². The lowest BCUT2D eigenvalue weighted by molar-refractivity contribution is -0.139. The molecule has 7 N–H and O–H groups in total. The van der Waals surface area contributed by atoms with Gasteiger partial charge in [-0.2, -0.15) is 0 Å². The highest BCUT2D eigenvalue weighted by molar-refractivity contribution is 5.88. The van der Waals surface area contributed by atoms with Crippen LogP contribution in [0.25, 0.3) is 11.1 Å². The van der Waals surface area contributed by atoms with E-state index < -0.39 is 24.0 Å². The Kier molecular flexibility index (Phi) is 13.0. The maximum Gasteiger partial charge on any atom is 0.355 e. The summed E-state index contributed by atoms with van der Waals surface area (Å²) in [6, 6.07) is 16.8. The molecule has 0 saturated carbocycles. The van der Waals surface area contributed by atoms with Gasteiger partial charge >= 0.3 is 5.97 Å². The van der Waals surface area contributed by atoms with Crippen LogP contribution in [0.15, 0.2) is 66.0 Å². The standard InChI is InChI=1S/C16H16N2O2.C15H28N4O3/c17-16(20)15(18-11-19)10-12-6-8-14(9-7-12)13-4-2-1-3-5-13;1-9(2)13(14(20)18-8-6-7-10(18)3)19(17)11(4)12(16)15(21)22-5/h1-9,11,15H,10H2,(H2,17,20)(H,18,19);9-10,13H,6-8,16-17H2,1-5H3/b;12-11-/t15-;/m1./s1. The molecule has 0 aliphatic carbocycles. The van der Waals surface area contributed by atoms with E-state index in [1.54, 1.807) is 6.92 Å². The summed E-state index contributed by atoms with van der Waals surface area (Å²) in [7, 11) is 1.25. The Labute approximate surface area is 248 Å². The predicted octanol–water partition coefficient (Wildman–Crippen LogP) is 2.06. The van der Waals surface area contributed by atoms with E-state index in [1.807, 2.05) is 80.3 Å². The summed E-state index contributed by atoms with van der Waals surface area (Å²) in [5.41, 5.74) is 14.4. The van der Waals surface area contributed by atoms with Gasteiger partial charge in [0.25, 0.3) is 0 Å². The molecule has 3 atom stereocenters. The molecular weight excluding hydrogens is 536 g/mol. The summed E-state index contributed by atoms with van der Waals surface area (Å²) in [5, 5.41) is 3.72. The first-order valence-corrected chi connectivity index (χ1v) is 13.9. The number of carbonyl (C=O) groups excluding carboxylic acids is 4. The number of benzene rings is 2. The number of primary amides is 1. The SMILES string of the molecule is COC(=O)/C(N)=C(\C)N(N)C(C(=O)N1CCCC1C)C(C)C.NC(=O)[C@@H](Cc1ccc(-c2ccccc2)cc1)NC=O. The molecule has 1 aliphatic heterocycles. The monoisotopic (exact) mass is 580 g/mol. The molecule has 42 heavy (non-hydrogen) atoms. The Morgan fingerprint density at radius 2 is 1.67 bits per heavy atom. The van der Waals surface area contributed by atoms with Crippen molar-refractivity contribution in [3.8, 4) is 11.1 Å². The van der Waals surface area contributed by atoms with Crippen molar-refractivity contribution in [2.75, 3.05) is 13.7 Å². The molecule has 11 nitrogen and oxygen atoms in total. The fourth-order valence-electron chi connectivity index (χ4n) is 4.78. The van der Waals surface area contributed by atoms with Crippen LogP contribution in [0.3, 0.4) is 0 Å². The van der Waals surface area contributed by atoms with E-state index in [1.165, 1.54) is 12.1 Å². The van der Waals surface area contributed by atoms with Crippen LogP contribution >= 0.6 is 0 Å². The van der Waals surface area contributed by atoms with Gasteiger partial charge in [0.2, 0.25) is 18.2 Å². The van der Waals surface area contributed by atoms with Crippen molar-refractivity contribution in [2.45, 2.75) is 65.1 Å². The second kappa shape index (κ2) is 16.2. The fourth-order valence-corrected chi connectivity index (χ4v) is 4.78. The number of likely N-dealkylation sites (tertiary alicyclic amines) is 1. The van der Waals surface area contributed by atoms with Crippen LogP contribution in [-0.4, -0.2) is 65.9 Å². The van der Waals surface area contributed by atoms with Crippen LogP contribution < -0.4 is 22.6 Å². The number of amides is 3. The first-order chi connectivity index (χ1) is 19.9. The van der Waals surface area contributed by atoms with Gasteiger partial charge in [0.15, 0.2) is 0 Å². The normalized spacial score (nSPS) is 16.4. The summed E-state index contributed by atoms with van der Waals surface area (Å²) >= 11 is 0. The maximum atomic E-state index is 12.8. The molecule has 2 aromatic rings. The minimum Gasteiger partial charge on any atom is -0.464 e. The van der Waals surface area contributed by atoms with Crippen molar-refractivity contribution in [1.29, 1.82) is 0 Å². The number of hydrogen-bond donors (Lipinski definition) is 4. The van der Waals surface area contributed by atoms with Crippen LogP contribution in [0.5, 0.6) is 0 Å². The van der Waals surface area contributed by atoms with Crippen LogP contribution in [0.4, 0.5) is 0 Å². The Bertz CT molecular complexity index is 1230. The van der Waals surface area contributed by atoms with Crippen molar-refractivity contribution >= 4 is 24.2 Å². The number of hydrazine groups is 1. The van der Waals surface area contributed by atoms with Gasteiger partial charge in [0.1, 0.15) is 17.8 Å². The summed E-state index contributed by atoms with van der Waals surface area (Å²) in [4.78, 5) is 47.8. The van der Waals surface area contributed by atoms with E-state index in [2.05, 4.69) is 10.1 Å². The van der Waals surface area contributed by atoms with Crippen molar-refractivity contribution in [2.24, 2.45) is 23.2 Å². The lowest BCUT2D eigenvalue weighted by Gasteiger charge is -2.36. The molecule has 0 bridgehead atoms. The number of hydrogen-bond acceptors (Lipinski definition) is 8. The quantitative estimate of drug-likeness (QED) is 0.103. The molecular formula is C31H44N6O5. The second-order valence-corrected chi connectivity index (χ2v) is 10.6. The minimum atomic E-state index is -0.671. The van der Waals surface area contributed by atoms with Gasteiger partial charge in [-0.05, 0) is 49.3 Å². The highest BCUT2D eigenvalue weighted by atomic mass is 16.5. The molecule has 3 amide bonds. The largest absolute Gasteiger partial charge is 0.464 e. The predicted molar refractivity (Wildman–Crippen MR) is 162 cm³/mol. The van der Waals surface area contributed by atoms with Gasteiger partial charge in [0, 0.05) is 19.0 Å². The van der Waals surface area contributed by atoms with Crippen LogP contribution in [0, 0.1) is 5.92 Å². The third-order valence-corrected chi connectivity index (χ3v) is 7.32. The first kappa shape index (κ1) is 33.8. The molecule has 228 valence electrons. The number of nitrogens with two attached hydrogens (primary N) is 3. The zero-order chi connectivity index (χ0) is 31.4. The molecule has 1 fully saturated rings. The van der Waals surface area contributed by atoms with Crippen molar-refractivity contribution in [3.63, 3.8) is 0 Å². The zero-order valence-electron chi connectivity index (χ0n) is 25.1. The number of ether oxygens (including phenoxy) is 1. The van der Waals surface area contributed by atoms with Gasteiger partial charge in [0.05, 0.1) is 12.8 Å². The second-order valence-electron chi connectivity index (χ2n) is 10.6. The van der Waals surface area contributed by atoms with Crippen molar-refractivity contribution in [1.82, 2.24) is 15.2 Å². The average molecular weight is 581 g/mol. The number of rotatable bonds is 11. The lowest BCUT2D eigenvalue weighted by atomic mass is 10.0. The summed E-state index contributed by atoms with van der Waals surface area (Å²) < 4.78 is 4.60. The van der Waals surface area contributed by atoms with Crippen LogP contribution in [0.1, 0.15) is 46.1 Å². The topological polar surface area (TPSA) is 174 Å². The average Bonchev–Trinajstić information content (AvgIpc) is 3.42. The van der Waals surface area contributed by atoms with E-state index in [4.69, 9.17) is 17.3 Å². The Balaban J connectivity index is 0.000000294. The molecule has 1 aliphatic rings. The van der Waals surface area contributed by atoms with Crippen LogP contribution in [-0.2, 0) is 30.3 Å². The zero-order valence-corrected chi connectivity index (χ0v) is 25.1. The number of nitrogens with one attached hydrogen (secondary N) is 1. The number of nitrogens with zero attached hydrogens (tertiary/aromatic N) is 2. The lowest BCUT2D eigenvalue weighted by Crippen LogP contribution is -2.54. The van der Waals surface area contributed by atoms with Gasteiger partial charge in [-0.3, -0.25) is 14.4 Å². The third-order valence-electron chi connectivity index (χ3n) is 7.32. The summed E-state index contributed by atoms with van der Waals surface area (Å²) in [5.74, 6) is 4.87. The van der Waals surface area contributed by atoms with Crippen molar-refractivity contribution < 1.29 is 23.9 Å². The maximum absolute atomic E-state index is 12.8. The molecule has 0 radical (unpaired) electrons. The first-order valence-electron chi connectivity index (χ1n) is 13.9. The summed E-state index contributed by atoms with van der Waals surface area (Å²) in [6.45, 7) is 8.23. The molecule has 3 rings (SSSR count).